The summed E-state index contributed by atoms with van der Waals surface area (Å²) in [5.41, 5.74) is 10.5. The van der Waals surface area contributed by atoms with Crippen molar-refractivity contribution < 1.29 is 33.4 Å². The Morgan fingerprint density at radius 1 is 0.796 bits per heavy atom. The Hall–Kier alpha value is -4.74. The fourth-order valence-corrected chi connectivity index (χ4v) is 5.81. The summed E-state index contributed by atoms with van der Waals surface area (Å²) in [6.45, 7) is 7.57. The number of rotatable bonds is 15. The first-order chi connectivity index (χ1) is 23.4. The molecule has 1 aliphatic carbocycles. The topological polar surface area (TPSA) is 154 Å². The molecule has 4 rings (SSSR count). The highest BCUT2D eigenvalue weighted by atomic mass is 16.6. The Labute approximate surface area is 288 Å². The van der Waals surface area contributed by atoms with Crippen molar-refractivity contribution in [3.05, 3.63) is 95.6 Å². The molecule has 0 aliphatic heterocycles. The molecule has 0 bridgehead atoms. The van der Waals surface area contributed by atoms with Gasteiger partial charge in [0.25, 0.3) is 5.91 Å². The van der Waals surface area contributed by atoms with Crippen LogP contribution < -0.4 is 11.6 Å². The first-order valence-electron chi connectivity index (χ1n) is 16.7. The van der Waals surface area contributed by atoms with E-state index in [9.17, 15) is 19.2 Å². The van der Waals surface area contributed by atoms with Gasteiger partial charge in [0.05, 0.1) is 6.54 Å². The monoisotopic (exact) mass is 672 g/mol. The smallest absolute Gasteiger partial charge is 0.410 e. The number of esters is 2. The van der Waals surface area contributed by atoms with Crippen molar-refractivity contribution in [3.8, 4) is 11.1 Å². The van der Waals surface area contributed by atoms with Crippen molar-refractivity contribution in [2.75, 3.05) is 26.2 Å². The molecule has 11 nitrogen and oxygen atoms in total. The van der Waals surface area contributed by atoms with Crippen LogP contribution in [0.25, 0.3) is 11.1 Å². The Bertz CT molecular complexity index is 1540. The van der Waals surface area contributed by atoms with Gasteiger partial charge in [0.15, 0.2) is 0 Å². The standard InChI is InChI=1S/C38H48N4O7/c1-5-41(37(46)48-24-26-14-7-6-8-15-26)22-23-42(40)34(43)31(20-13-21-33(39)36(45)49-38(2,3)4)35(44)47-25-32-29-18-11-9-16-27(29)28-17-10-12-19-30(28)32/h6-12,14-19,31-33H,5,13,20-25,39-40H2,1-4H3/t31-,33?/m0/s1. The summed E-state index contributed by atoms with van der Waals surface area (Å²) in [7, 11) is 0. The van der Waals surface area contributed by atoms with Crippen LogP contribution in [0.3, 0.4) is 0 Å². The molecule has 0 fully saturated rings. The lowest BCUT2D eigenvalue weighted by Gasteiger charge is -2.26. The number of fused-ring (bicyclic) bond motifs is 3. The van der Waals surface area contributed by atoms with Gasteiger partial charge in [0.2, 0.25) is 0 Å². The van der Waals surface area contributed by atoms with E-state index in [2.05, 4.69) is 0 Å². The Morgan fingerprint density at radius 2 is 1.39 bits per heavy atom. The molecule has 1 aliphatic rings. The largest absolute Gasteiger partial charge is 0.464 e. The lowest BCUT2D eigenvalue weighted by Crippen LogP contribution is -2.48. The quantitative estimate of drug-likeness (QED) is 0.0557. The summed E-state index contributed by atoms with van der Waals surface area (Å²) >= 11 is 0. The zero-order valence-electron chi connectivity index (χ0n) is 28.8. The number of hydrogen-bond donors (Lipinski definition) is 2. The van der Waals surface area contributed by atoms with E-state index in [0.717, 1.165) is 32.8 Å². The van der Waals surface area contributed by atoms with Crippen LogP contribution in [0.15, 0.2) is 78.9 Å². The molecular formula is C38H48N4O7. The first-order valence-corrected chi connectivity index (χ1v) is 16.7. The number of hydrogen-bond acceptors (Lipinski definition) is 9. The van der Waals surface area contributed by atoms with E-state index in [1.807, 2.05) is 78.9 Å². The maximum atomic E-state index is 13.7. The van der Waals surface area contributed by atoms with Crippen LogP contribution in [-0.4, -0.2) is 71.7 Å². The SMILES string of the molecule is CCN(CCN(N)C(=O)[C@H](CCCC(N)C(=O)OC(C)(C)C)C(=O)OCC1c2ccccc2-c2ccccc21)C(=O)OCc1ccccc1. The Balaban J connectivity index is 1.41. The van der Waals surface area contributed by atoms with Crippen molar-refractivity contribution in [1.82, 2.24) is 9.91 Å². The highest BCUT2D eigenvalue weighted by molar-refractivity contribution is 5.97. The van der Waals surface area contributed by atoms with Gasteiger partial charge in [-0.25, -0.2) is 10.6 Å². The van der Waals surface area contributed by atoms with Crippen LogP contribution in [-0.2, 0) is 35.2 Å². The van der Waals surface area contributed by atoms with Crippen LogP contribution in [0.1, 0.15) is 69.6 Å². The van der Waals surface area contributed by atoms with Gasteiger partial charge in [0, 0.05) is 19.0 Å². The molecule has 0 heterocycles. The van der Waals surface area contributed by atoms with Gasteiger partial charge in [0.1, 0.15) is 30.8 Å². The third-order valence-corrected chi connectivity index (χ3v) is 8.39. The molecule has 0 saturated heterocycles. The maximum absolute atomic E-state index is 13.7. The number of carbonyl (C=O) groups excluding carboxylic acids is 4. The van der Waals surface area contributed by atoms with Gasteiger partial charge < -0.3 is 24.8 Å². The lowest BCUT2D eigenvalue weighted by atomic mass is 9.97. The summed E-state index contributed by atoms with van der Waals surface area (Å²) in [6, 6.07) is 24.3. The predicted octanol–water partition coefficient (Wildman–Crippen LogP) is 5.16. The fourth-order valence-electron chi connectivity index (χ4n) is 5.81. The van der Waals surface area contributed by atoms with Crippen LogP contribution in [0.4, 0.5) is 4.79 Å². The van der Waals surface area contributed by atoms with Crippen molar-refractivity contribution >= 4 is 23.9 Å². The number of carbonyl (C=O) groups is 4. The molecule has 11 heteroatoms. The van der Waals surface area contributed by atoms with Crippen LogP contribution in [0.2, 0.25) is 0 Å². The van der Waals surface area contributed by atoms with Gasteiger partial charge in [-0.1, -0.05) is 78.9 Å². The molecule has 0 spiro atoms. The summed E-state index contributed by atoms with van der Waals surface area (Å²) in [4.78, 5) is 54.0. The Morgan fingerprint density at radius 3 is 1.98 bits per heavy atom. The second-order valence-electron chi connectivity index (χ2n) is 13.1. The second kappa shape index (κ2) is 17.1. The van der Waals surface area contributed by atoms with Crippen LogP contribution in [0, 0.1) is 5.92 Å². The molecule has 49 heavy (non-hydrogen) atoms. The summed E-state index contributed by atoms with van der Waals surface area (Å²) < 4.78 is 16.7. The van der Waals surface area contributed by atoms with Gasteiger partial charge in [-0.2, -0.15) is 0 Å². The number of benzene rings is 3. The van der Waals surface area contributed by atoms with E-state index in [0.29, 0.717) is 6.54 Å². The van der Waals surface area contributed by atoms with E-state index < -0.39 is 41.5 Å². The summed E-state index contributed by atoms with van der Waals surface area (Å²) in [5.74, 6) is 2.84. The van der Waals surface area contributed by atoms with E-state index in [1.54, 1.807) is 27.7 Å². The van der Waals surface area contributed by atoms with Crippen LogP contribution in [0.5, 0.6) is 0 Å². The van der Waals surface area contributed by atoms with E-state index in [4.69, 9.17) is 25.8 Å². The molecule has 2 amide bonds. The lowest BCUT2D eigenvalue weighted by molar-refractivity contribution is -0.157. The molecule has 3 aromatic carbocycles. The molecule has 2 atom stereocenters. The van der Waals surface area contributed by atoms with Gasteiger partial charge >= 0.3 is 18.0 Å². The first kappa shape index (κ1) is 37.1. The summed E-state index contributed by atoms with van der Waals surface area (Å²) in [6.07, 6.45) is -0.0362. The van der Waals surface area contributed by atoms with Crippen molar-refractivity contribution in [3.63, 3.8) is 0 Å². The van der Waals surface area contributed by atoms with Crippen molar-refractivity contribution in [2.24, 2.45) is 17.5 Å². The van der Waals surface area contributed by atoms with E-state index >= 15 is 0 Å². The zero-order chi connectivity index (χ0) is 35.6. The number of hydrazine groups is 1. The summed E-state index contributed by atoms with van der Waals surface area (Å²) in [5, 5.41) is 0.938. The predicted molar refractivity (Wildman–Crippen MR) is 186 cm³/mol. The van der Waals surface area contributed by atoms with Gasteiger partial charge in [-0.3, -0.25) is 19.4 Å². The molecule has 0 aromatic heterocycles. The number of amides is 2. The van der Waals surface area contributed by atoms with E-state index in [-0.39, 0.29) is 51.5 Å². The highest BCUT2D eigenvalue weighted by Crippen LogP contribution is 2.44. The van der Waals surface area contributed by atoms with E-state index in [1.165, 1.54) is 4.90 Å². The van der Waals surface area contributed by atoms with Crippen LogP contribution >= 0.6 is 0 Å². The van der Waals surface area contributed by atoms with Crippen molar-refractivity contribution in [1.29, 1.82) is 0 Å². The zero-order valence-corrected chi connectivity index (χ0v) is 28.8. The Kier molecular flexibility index (Phi) is 12.9. The van der Waals surface area contributed by atoms with Crippen molar-refractivity contribution in [2.45, 2.75) is 71.1 Å². The average Bonchev–Trinajstić information content (AvgIpc) is 3.41. The third-order valence-electron chi connectivity index (χ3n) is 8.39. The molecule has 4 N–H and O–H groups in total. The van der Waals surface area contributed by atoms with Gasteiger partial charge in [-0.15, -0.1) is 0 Å². The molecule has 262 valence electrons. The molecule has 0 radical (unpaired) electrons. The molecule has 3 aromatic rings. The van der Waals surface area contributed by atoms with Gasteiger partial charge in [-0.05, 0) is 74.8 Å². The number of likely N-dealkylation sites (N-methyl/N-ethyl adjacent to an activating group) is 1. The molecule has 1 unspecified atom stereocenters. The molecular weight excluding hydrogens is 624 g/mol. The number of ether oxygens (including phenoxy) is 3. The average molecular weight is 673 g/mol. The minimum absolute atomic E-state index is 0.0372. The minimum Gasteiger partial charge on any atom is -0.464 e. The molecule has 0 saturated carbocycles. The number of nitrogens with two attached hydrogens (primary N) is 2. The number of nitrogens with zero attached hydrogens (tertiary/aromatic N) is 2. The second-order valence-corrected chi connectivity index (χ2v) is 13.1. The third kappa shape index (κ3) is 10.1. The minimum atomic E-state index is -1.25. The highest BCUT2D eigenvalue weighted by Gasteiger charge is 2.35. The normalized spacial score (nSPS) is 13.4. The fraction of sp³-hybridized carbons (Fsp3) is 0.421. The maximum Gasteiger partial charge on any atom is 0.410 e.